The van der Waals surface area contributed by atoms with Crippen LogP contribution >= 0.6 is 11.6 Å². The number of nitro benzene ring substituents is 1. The number of benzene rings is 2. The minimum Gasteiger partial charge on any atom is -0.465 e. The van der Waals surface area contributed by atoms with E-state index in [2.05, 4.69) is 10.1 Å². The zero-order chi connectivity index (χ0) is 17.0. The molecular weight excluding hydrogens is 327 g/mol. The Morgan fingerprint density at radius 1 is 1.39 bits per heavy atom. The monoisotopic (exact) mass is 338 g/mol. The fraction of sp³-hybridized carbons (Fsp3) is 0.133. The molecule has 0 aliphatic rings. The zero-order valence-electron chi connectivity index (χ0n) is 12.0. The van der Waals surface area contributed by atoms with Crippen LogP contribution in [-0.2, 0) is 11.3 Å². The maximum Gasteiger partial charge on any atom is 0.340 e. The van der Waals surface area contributed by atoms with Crippen molar-refractivity contribution in [1.29, 1.82) is 0 Å². The number of carbonyl (C=O) groups is 1. The number of anilines is 1. The van der Waals surface area contributed by atoms with Crippen LogP contribution in [0.3, 0.4) is 0 Å². The van der Waals surface area contributed by atoms with E-state index in [1.165, 1.54) is 36.4 Å². The Hall–Kier alpha value is -2.67. The van der Waals surface area contributed by atoms with Gasteiger partial charge in [0.15, 0.2) is 0 Å². The molecule has 120 valence electrons. The molecule has 0 bridgehead atoms. The molecule has 8 heteroatoms. The Balaban J connectivity index is 2.25. The van der Waals surface area contributed by atoms with Gasteiger partial charge in [-0.3, -0.25) is 10.1 Å². The highest BCUT2D eigenvalue weighted by Gasteiger charge is 2.17. The Kier molecular flexibility index (Phi) is 5.13. The van der Waals surface area contributed by atoms with Gasteiger partial charge in [-0.25, -0.2) is 9.18 Å². The third-order valence-electron chi connectivity index (χ3n) is 3.11. The first kappa shape index (κ1) is 16.7. The van der Waals surface area contributed by atoms with Crippen LogP contribution < -0.4 is 5.32 Å². The van der Waals surface area contributed by atoms with Crippen molar-refractivity contribution in [2.75, 3.05) is 12.4 Å². The van der Waals surface area contributed by atoms with Crippen molar-refractivity contribution in [3.8, 4) is 0 Å². The predicted octanol–water partition coefficient (Wildman–Crippen LogP) is 3.79. The number of esters is 1. The first-order valence-corrected chi connectivity index (χ1v) is 6.85. The van der Waals surface area contributed by atoms with Gasteiger partial charge < -0.3 is 10.1 Å². The number of halogens is 2. The van der Waals surface area contributed by atoms with Crippen LogP contribution in [0.5, 0.6) is 0 Å². The molecular formula is C15H12ClFN2O4. The molecule has 2 rings (SSSR count). The lowest BCUT2D eigenvalue weighted by Gasteiger charge is -2.10. The number of methoxy groups -OCH3 is 1. The average molecular weight is 339 g/mol. The topological polar surface area (TPSA) is 81.5 Å². The van der Waals surface area contributed by atoms with E-state index in [1.54, 1.807) is 0 Å². The lowest BCUT2D eigenvalue weighted by Crippen LogP contribution is -2.09. The number of ether oxygens (including phenoxy) is 1. The molecule has 23 heavy (non-hydrogen) atoms. The van der Waals surface area contributed by atoms with E-state index in [9.17, 15) is 19.3 Å². The number of rotatable bonds is 5. The fourth-order valence-corrected chi connectivity index (χ4v) is 2.15. The second-order valence-corrected chi connectivity index (χ2v) is 4.98. The van der Waals surface area contributed by atoms with Crippen LogP contribution in [0.25, 0.3) is 0 Å². The molecule has 0 aliphatic carbocycles. The number of hydrogen-bond donors (Lipinski definition) is 1. The predicted molar refractivity (Wildman–Crippen MR) is 83.2 cm³/mol. The summed E-state index contributed by atoms with van der Waals surface area (Å²) < 4.78 is 18.7. The van der Waals surface area contributed by atoms with E-state index >= 15 is 0 Å². The molecule has 0 spiro atoms. The van der Waals surface area contributed by atoms with Gasteiger partial charge in [0.1, 0.15) is 11.5 Å². The standard InChI is InChI=1S/C15H12ClFN2O4/c1-23-15(20)11-4-2-3-9(14(11)17)8-18-12-6-5-10(16)7-13(12)19(21)22/h2-7,18H,8H2,1H3. The summed E-state index contributed by atoms with van der Waals surface area (Å²) in [6, 6.07) is 8.39. The highest BCUT2D eigenvalue weighted by atomic mass is 35.5. The first-order chi connectivity index (χ1) is 10.9. The number of nitro groups is 1. The molecule has 0 amide bonds. The molecule has 0 atom stereocenters. The summed E-state index contributed by atoms with van der Waals surface area (Å²) in [6.07, 6.45) is 0. The minimum absolute atomic E-state index is 0.0425. The molecule has 0 radical (unpaired) electrons. The van der Waals surface area contributed by atoms with E-state index in [1.807, 2.05) is 0 Å². The normalized spacial score (nSPS) is 10.2. The molecule has 0 saturated carbocycles. The van der Waals surface area contributed by atoms with Crippen molar-refractivity contribution in [3.05, 3.63) is 68.5 Å². The summed E-state index contributed by atoms with van der Waals surface area (Å²) in [5.74, 6) is -1.52. The summed E-state index contributed by atoms with van der Waals surface area (Å²) in [6.45, 7) is -0.0425. The van der Waals surface area contributed by atoms with Crippen molar-refractivity contribution in [3.63, 3.8) is 0 Å². The molecule has 0 aromatic heterocycles. The summed E-state index contributed by atoms with van der Waals surface area (Å²) in [7, 11) is 1.16. The molecule has 0 fully saturated rings. The molecule has 2 aromatic rings. The van der Waals surface area contributed by atoms with E-state index in [-0.39, 0.29) is 34.1 Å². The van der Waals surface area contributed by atoms with Gasteiger partial charge >= 0.3 is 5.97 Å². The number of nitrogens with one attached hydrogen (secondary N) is 1. The molecule has 1 N–H and O–H groups in total. The SMILES string of the molecule is COC(=O)c1cccc(CNc2ccc(Cl)cc2[N+](=O)[O-])c1F. The van der Waals surface area contributed by atoms with E-state index in [0.717, 1.165) is 7.11 Å². The van der Waals surface area contributed by atoms with Crippen LogP contribution in [0.1, 0.15) is 15.9 Å². The van der Waals surface area contributed by atoms with Crippen LogP contribution in [0.2, 0.25) is 5.02 Å². The molecule has 0 unspecified atom stereocenters. The number of hydrogen-bond acceptors (Lipinski definition) is 5. The van der Waals surface area contributed by atoms with Crippen LogP contribution in [0, 0.1) is 15.9 Å². The van der Waals surface area contributed by atoms with Crippen molar-refractivity contribution < 1.29 is 18.8 Å². The van der Waals surface area contributed by atoms with Crippen LogP contribution in [0.4, 0.5) is 15.8 Å². The van der Waals surface area contributed by atoms with Gasteiger partial charge in [0.2, 0.25) is 0 Å². The molecule has 2 aromatic carbocycles. The Bertz CT molecular complexity index is 767. The Morgan fingerprint density at radius 3 is 2.78 bits per heavy atom. The van der Waals surface area contributed by atoms with Gasteiger partial charge in [0.05, 0.1) is 17.6 Å². The van der Waals surface area contributed by atoms with Crippen molar-refractivity contribution in [1.82, 2.24) is 0 Å². The van der Waals surface area contributed by atoms with Gasteiger partial charge in [-0.2, -0.15) is 0 Å². The van der Waals surface area contributed by atoms with E-state index < -0.39 is 16.7 Å². The molecule has 0 saturated heterocycles. The van der Waals surface area contributed by atoms with Crippen molar-refractivity contribution in [2.45, 2.75) is 6.54 Å². The Morgan fingerprint density at radius 2 is 2.13 bits per heavy atom. The second kappa shape index (κ2) is 7.06. The molecule has 0 aliphatic heterocycles. The average Bonchev–Trinajstić information content (AvgIpc) is 2.54. The smallest absolute Gasteiger partial charge is 0.340 e. The highest BCUT2D eigenvalue weighted by Crippen LogP contribution is 2.28. The van der Waals surface area contributed by atoms with Gasteiger partial charge in [0.25, 0.3) is 5.69 Å². The van der Waals surface area contributed by atoms with Crippen molar-refractivity contribution >= 4 is 28.9 Å². The molecule has 0 heterocycles. The van der Waals surface area contributed by atoms with E-state index in [0.29, 0.717) is 0 Å². The first-order valence-electron chi connectivity index (χ1n) is 6.47. The Labute approximate surface area is 136 Å². The quantitative estimate of drug-likeness (QED) is 0.509. The summed E-state index contributed by atoms with van der Waals surface area (Å²) in [5.41, 5.74) is -0.0427. The number of nitrogens with zero attached hydrogens (tertiary/aromatic N) is 1. The maximum absolute atomic E-state index is 14.2. The van der Waals surface area contributed by atoms with E-state index in [4.69, 9.17) is 11.6 Å². The molecule has 6 nitrogen and oxygen atoms in total. The largest absolute Gasteiger partial charge is 0.465 e. The third kappa shape index (κ3) is 3.75. The summed E-state index contributed by atoms with van der Waals surface area (Å²) in [4.78, 5) is 21.9. The van der Waals surface area contributed by atoms with Gasteiger partial charge in [-0.1, -0.05) is 23.7 Å². The van der Waals surface area contributed by atoms with Gasteiger partial charge in [-0.15, -0.1) is 0 Å². The minimum atomic E-state index is -0.790. The summed E-state index contributed by atoms with van der Waals surface area (Å²) >= 11 is 5.73. The van der Waals surface area contributed by atoms with Gasteiger partial charge in [0, 0.05) is 23.2 Å². The summed E-state index contributed by atoms with van der Waals surface area (Å²) in [5, 5.41) is 14.0. The second-order valence-electron chi connectivity index (χ2n) is 4.54. The lowest BCUT2D eigenvalue weighted by molar-refractivity contribution is -0.383. The van der Waals surface area contributed by atoms with Gasteiger partial charge in [-0.05, 0) is 18.2 Å². The van der Waals surface area contributed by atoms with Crippen molar-refractivity contribution in [2.24, 2.45) is 0 Å². The van der Waals surface area contributed by atoms with Crippen LogP contribution in [-0.4, -0.2) is 18.0 Å². The maximum atomic E-state index is 14.2. The lowest BCUT2D eigenvalue weighted by atomic mass is 10.1. The van der Waals surface area contributed by atoms with Crippen LogP contribution in [0.15, 0.2) is 36.4 Å². The highest BCUT2D eigenvalue weighted by molar-refractivity contribution is 6.30. The number of carbonyl (C=O) groups excluding carboxylic acids is 1. The fourth-order valence-electron chi connectivity index (χ4n) is 1.98. The third-order valence-corrected chi connectivity index (χ3v) is 3.34. The zero-order valence-corrected chi connectivity index (χ0v) is 12.8.